The third-order valence-electron chi connectivity index (χ3n) is 5.57. The van der Waals surface area contributed by atoms with Crippen LogP contribution in [0.3, 0.4) is 0 Å². The number of methoxy groups -OCH3 is 1. The zero-order valence-electron chi connectivity index (χ0n) is 17.4. The number of rotatable bonds is 11. The maximum absolute atomic E-state index is 11.1. The highest BCUT2D eigenvalue weighted by Gasteiger charge is 2.32. The molecule has 0 aliphatic heterocycles. The Morgan fingerprint density at radius 3 is 2.90 bits per heavy atom. The lowest BCUT2D eigenvalue weighted by atomic mass is 9.90. The third kappa shape index (κ3) is 8.36. The van der Waals surface area contributed by atoms with Gasteiger partial charge in [-0.25, -0.2) is 0 Å². The minimum Gasteiger partial charge on any atom is -0.469 e. The topological polar surface area (TPSA) is 66.8 Å². The number of aliphatic hydroxyl groups excluding tert-OH is 2. The lowest BCUT2D eigenvalue weighted by molar-refractivity contribution is -0.140. The van der Waals surface area contributed by atoms with Gasteiger partial charge in [-0.3, -0.25) is 4.79 Å². The number of unbranched alkanes of at least 4 members (excludes halogenated alkanes) is 1. The smallest absolute Gasteiger partial charge is 0.305 e. The Morgan fingerprint density at radius 1 is 1.41 bits per heavy atom. The Hall–Kier alpha value is -0.950. The van der Waals surface area contributed by atoms with Crippen molar-refractivity contribution < 1.29 is 19.7 Å². The molecule has 4 atom stereocenters. The van der Waals surface area contributed by atoms with Crippen molar-refractivity contribution in [3.05, 3.63) is 44.6 Å². The molecular weight excluding hydrogens is 452 g/mol. The number of carbonyl (C=O) groups excluding carboxylic acids is 1. The summed E-state index contributed by atoms with van der Waals surface area (Å²) in [7, 11) is 1.41. The van der Waals surface area contributed by atoms with E-state index in [1.165, 1.54) is 16.9 Å². The highest BCUT2D eigenvalue weighted by molar-refractivity contribution is 9.10. The van der Waals surface area contributed by atoms with Gasteiger partial charge in [0.05, 0.1) is 19.3 Å². The van der Waals surface area contributed by atoms with Crippen LogP contribution in [0.1, 0.15) is 54.7 Å². The van der Waals surface area contributed by atoms with Crippen LogP contribution in [0.15, 0.2) is 34.8 Å². The molecule has 1 aliphatic rings. The molecule has 162 valence electrons. The fraction of sp³-hybridized carbons (Fsp3) is 0.609. The van der Waals surface area contributed by atoms with Crippen molar-refractivity contribution in [3.8, 4) is 0 Å². The van der Waals surface area contributed by atoms with Gasteiger partial charge in [-0.1, -0.05) is 24.3 Å². The molecule has 0 aromatic carbocycles. The molecule has 1 aromatic rings. The molecule has 1 aromatic heterocycles. The number of aliphatic hydroxyl groups is 2. The number of halogens is 1. The second-order valence-electron chi connectivity index (χ2n) is 7.76. The van der Waals surface area contributed by atoms with Crippen molar-refractivity contribution in [1.82, 2.24) is 0 Å². The van der Waals surface area contributed by atoms with Crippen molar-refractivity contribution in [2.75, 3.05) is 7.11 Å². The highest BCUT2D eigenvalue weighted by Crippen LogP contribution is 2.36. The van der Waals surface area contributed by atoms with Gasteiger partial charge >= 0.3 is 5.97 Å². The zero-order valence-corrected chi connectivity index (χ0v) is 19.8. The zero-order chi connectivity index (χ0) is 21.2. The first-order valence-electron chi connectivity index (χ1n) is 10.4. The molecule has 4 nitrogen and oxygen atoms in total. The lowest BCUT2D eigenvalue weighted by Crippen LogP contribution is -2.17. The van der Waals surface area contributed by atoms with E-state index >= 15 is 0 Å². The van der Waals surface area contributed by atoms with Crippen LogP contribution in [0.2, 0.25) is 0 Å². The van der Waals surface area contributed by atoms with Gasteiger partial charge in [-0.05, 0) is 85.7 Å². The van der Waals surface area contributed by atoms with Crippen LogP contribution in [0.25, 0.3) is 0 Å². The Morgan fingerprint density at radius 2 is 2.21 bits per heavy atom. The number of esters is 1. The molecular formula is C23H33BrO4S. The van der Waals surface area contributed by atoms with Crippen molar-refractivity contribution in [2.45, 2.75) is 70.5 Å². The van der Waals surface area contributed by atoms with Crippen molar-refractivity contribution in [2.24, 2.45) is 11.8 Å². The lowest BCUT2D eigenvalue weighted by Gasteiger charge is -2.18. The average molecular weight is 485 g/mol. The molecule has 0 saturated heterocycles. The van der Waals surface area contributed by atoms with E-state index in [0.29, 0.717) is 18.8 Å². The molecule has 1 heterocycles. The van der Waals surface area contributed by atoms with E-state index in [2.05, 4.69) is 51.9 Å². The van der Waals surface area contributed by atoms with Gasteiger partial charge in [0.2, 0.25) is 0 Å². The fourth-order valence-corrected chi connectivity index (χ4v) is 5.40. The molecule has 29 heavy (non-hydrogen) atoms. The maximum atomic E-state index is 11.1. The Bertz CT molecular complexity index is 678. The van der Waals surface area contributed by atoms with Crippen LogP contribution in [-0.2, 0) is 16.0 Å². The molecule has 1 unspecified atom stereocenters. The van der Waals surface area contributed by atoms with Crippen LogP contribution >= 0.6 is 27.3 Å². The standard InChI is InChI=1S/C23H33BrO4S/c1-16-21(24)15-19(29-16)13-12-18(25)11-9-17-10-14-22(26)20(17)7-5-3-4-6-8-23(27)28-2/h3,5,9,11,15,17-18,20,22,25-26H,4,6-8,10,12-14H2,1-2H3/b5-3-,11-9+/t17-,18+,20+,22?/m0/s1. The van der Waals surface area contributed by atoms with E-state index in [1.807, 2.05) is 6.08 Å². The highest BCUT2D eigenvalue weighted by atomic mass is 79.9. The van der Waals surface area contributed by atoms with E-state index in [4.69, 9.17) is 0 Å². The normalized spacial score (nSPS) is 23.3. The summed E-state index contributed by atoms with van der Waals surface area (Å²) in [5.74, 6) is 0.332. The van der Waals surface area contributed by atoms with Crippen LogP contribution in [0, 0.1) is 18.8 Å². The minimum atomic E-state index is -0.455. The van der Waals surface area contributed by atoms with Gasteiger partial charge in [-0.2, -0.15) is 0 Å². The maximum Gasteiger partial charge on any atom is 0.305 e. The molecule has 0 amide bonds. The molecule has 6 heteroatoms. The van der Waals surface area contributed by atoms with Crippen molar-refractivity contribution in [1.29, 1.82) is 0 Å². The summed E-state index contributed by atoms with van der Waals surface area (Å²) in [6, 6.07) is 2.14. The number of hydrogen-bond acceptors (Lipinski definition) is 5. The predicted molar refractivity (Wildman–Crippen MR) is 122 cm³/mol. The summed E-state index contributed by atoms with van der Waals surface area (Å²) in [6.45, 7) is 2.09. The molecule has 0 bridgehead atoms. The Balaban J connectivity index is 1.75. The largest absolute Gasteiger partial charge is 0.469 e. The minimum absolute atomic E-state index is 0.171. The van der Waals surface area contributed by atoms with Gasteiger partial charge < -0.3 is 14.9 Å². The monoisotopic (exact) mass is 484 g/mol. The van der Waals surface area contributed by atoms with E-state index < -0.39 is 6.10 Å². The summed E-state index contributed by atoms with van der Waals surface area (Å²) in [6.07, 6.45) is 13.7. The summed E-state index contributed by atoms with van der Waals surface area (Å²) in [5, 5.41) is 20.6. The van der Waals surface area contributed by atoms with Gasteiger partial charge in [0.25, 0.3) is 0 Å². The van der Waals surface area contributed by atoms with Crippen molar-refractivity contribution in [3.63, 3.8) is 0 Å². The molecule has 1 fully saturated rings. The average Bonchev–Trinajstić information content (AvgIpc) is 3.22. The van der Waals surface area contributed by atoms with Gasteiger partial charge in [-0.15, -0.1) is 11.3 Å². The molecule has 2 rings (SSSR count). The van der Waals surface area contributed by atoms with E-state index in [1.54, 1.807) is 11.3 Å². The SMILES string of the molecule is COC(=O)CCC/C=C\C[C@H]1C(O)CC[C@@H]1/C=C/[C@@H](O)CCc1cc(Br)c(C)s1. The molecule has 1 saturated carbocycles. The Kier molecular flexibility index (Phi) is 10.6. The van der Waals surface area contributed by atoms with Crippen molar-refractivity contribution >= 4 is 33.2 Å². The quantitative estimate of drug-likeness (QED) is 0.252. The van der Waals surface area contributed by atoms with E-state index in [0.717, 1.165) is 43.0 Å². The molecule has 0 spiro atoms. The van der Waals surface area contributed by atoms with Crippen LogP contribution < -0.4 is 0 Å². The first kappa shape index (κ1) is 24.3. The van der Waals surface area contributed by atoms with E-state index in [9.17, 15) is 15.0 Å². The number of thiophene rings is 1. The predicted octanol–water partition coefficient (Wildman–Crippen LogP) is 5.35. The second-order valence-corrected chi connectivity index (χ2v) is 9.95. The first-order chi connectivity index (χ1) is 13.9. The summed E-state index contributed by atoms with van der Waals surface area (Å²) in [5.41, 5.74) is 0. The summed E-state index contributed by atoms with van der Waals surface area (Å²) >= 11 is 5.31. The summed E-state index contributed by atoms with van der Waals surface area (Å²) in [4.78, 5) is 13.7. The van der Waals surface area contributed by atoms with E-state index in [-0.39, 0.29) is 18.0 Å². The number of carbonyl (C=O) groups is 1. The van der Waals surface area contributed by atoms with Gasteiger partial charge in [0.15, 0.2) is 0 Å². The number of ether oxygens (including phenoxy) is 1. The first-order valence-corrected chi connectivity index (χ1v) is 12.0. The third-order valence-corrected chi connectivity index (χ3v) is 7.77. The van der Waals surface area contributed by atoms with Gasteiger partial charge in [0, 0.05) is 20.6 Å². The second kappa shape index (κ2) is 12.7. The van der Waals surface area contributed by atoms with Crippen LogP contribution in [-0.4, -0.2) is 35.5 Å². The van der Waals surface area contributed by atoms with Crippen LogP contribution in [0.4, 0.5) is 0 Å². The fourth-order valence-electron chi connectivity index (χ4n) is 3.78. The Labute approximate surface area is 186 Å². The van der Waals surface area contributed by atoms with Crippen LogP contribution in [0.5, 0.6) is 0 Å². The summed E-state index contributed by atoms with van der Waals surface area (Å²) < 4.78 is 5.78. The number of allylic oxidation sites excluding steroid dienone is 3. The number of aryl methyl sites for hydroxylation is 2. The van der Waals surface area contributed by atoms with Gasteiger partial charge in [0.1, 0.15) is 0 Å². The molecule has 2 N–H and O–H groups in total. The number of hydrogen-bond donors (Lipinski definition) is 2. The molecule has 1 aliphatic carbocycles. The molecule has 0 radical (unpaired) electrons.